The molecule has 1 aromatic rings. The molecule has 1 unspecified atom stereocenters. The predicted molar refractivity (Wildman–Crippen MR) is 76.0 cm³/mol. The van der Waals surface area contributed by atoms with Gasteiger partial charge < -0.3 is 19.9 Å². The molecule has 0 bridgehead atoms. The standard InChI is InChI=1S/C13H20F3N5O3/c1-9-19-12(24-20-9)8-23-7-11(22)18-6-10(13(14,15)16)21-4-2-17-3-5-21/h10,17H,2-8H2,1H3,(H,18,22). The highest BCUT2D eigenvalue weighted by Gasteiger charge is 2.43. The van der Waals surface area contributed by atoms with Crippen LogP contribution in [-0.2, 0) is 16.1 Å². The van der Waals surface area contributed by atoms with E-state index in [4.69, 9.17) is 9.26 Å². The van der Waals surface area contributed by atoms with Gasteiger partial charge in [-0.3, -0.25) is 9.69 Å². The summed E-state index contributed by atoms with van der Waals surface area (Å²) in [7, 11) is 0. The van der Waals surface area contributed by atoms with Crippen LogP contribution in [0.2, 0.25) is 0 Å². The molecule has 24 heavy (non-hydrogen) atoms. The molecule has 1 aliphatic heterocycles. The first-order valence-electron chi connectivity index (χ1n) is 7.51. The summed E-state index contributed by atoms with van der Waals surface area (Å²) in [5.74, 6) is 0.00648. The molecule has 0 radical (unpaired) electrons. The highest BCUT2D eigenvalue weighted by Crippen LogP contribution is 2.24. The zero-order valence-corrected chi connectivity index (χ0v) is 13.2. The smallest absolute Gasteiger partial charge is 0.362 e. The number of amides is 1. The number of nitrogens with one attached hydrogen (secondary N) is 2. The van der Waals surface area contributed by atoms with Gasteiger partial charge in [-0.15, -0.1) is 0 Å². The van der Waals surface area contributed by atoms with Crippen LogP contribution >= 0.6 is 0 Å². The van der Waals surface area contributed by atoms with E-state index >= 15 is 0 Å². The second-order valence-corrected chi connectivity index (χ2v) is 5.38. The Hall–Kier alpha value is -1.72. The van der Waals surface area contributed by atoms with E-state index in [1.807, 2.05) is 0 Å². The summed E-state index contributed by atoms with van der Waals surface area (Å²) in [6.45, 7) is 2.22. The lowest BCUT2D eigenvalue weighted by Crippen LogP contribution is -2.57. The first kappa shape index (κ1) is 18.6. The van der Waals surface area contributed by atoms with Crippen molar-refractivity contribution in [2.75, 3.05) is 39.3 Å². The number of piperazine rings is 1. The first-order valence-corrected chi connectivity index (χ1v) is 7.51. The number of carbonyl (C=O) groups excluding carboxylic acids is 1. The summed E-state index contributed by atoms with van der Waals surface area (Å²) in [5, 5.41) is 8.81. The van der Waals surface area contributed by atoms with Crippen molar-refractivity contribution in [3.05, 3.63) is 11.7 Å². The maximum atomic E-state index is 13.2. The van der Waals surface area contributed by atoms with Gasteiger partial charge in [-0.1, -0.05) is 5.16 Å². The average molecular weight is 351 g/mol. The highest BCUT2D eigenvalue weighted by molar-refractivity contribution is 5.77. The van der Waals surface area contributed by atoms with Gasteiger partial charge in [0.2, 0.25) is 5.91 Å². The van der Waals surface area contributed by atoms with Crippen molar-refractivity contribution in [1.29, 1.82) is 0 Å². The molecular formula is C13H20F3N5O3. The molecule has 1 amide bonds. The number of aryl methyl sites for hydroxylation is 1. The lowest BCUT2D eigenvalue weighted by Gasteiger charge is -2.35. The van der Waals surface area contributed by atoms with Gasteiger partial charge in [-0.2, -0.15) is 18.2 Å². The molecule has 1 fully saturated rings. The maximum Gasteiger partial charge on any atom is 0.405 e. The Morgan fingerprint density at radius 2 is 2.17 bits per heavy atom. The fourth-order valence-electron chi connectivity index (χ4n) is 2.34. The lowest BCUT2D eigenvalue weighted by atomic mass is 10.2. The molecule has 0 saturated carbocycles. The number of nitrogens with zero attached hydrogens (tertiary/aromatic N) is 3. The third kappa shape index (κ3) is 5.73. The lowest BCUT2D eigenvalue weighted by molar-refractivity contribution is -0.184. The number of hydrogen-bond donors (Lipinski definition) is 2. The summed E-state index contributed by atoms with van der Waals surface area (Å²) in [5.41, 5.74) is 0. The monoisotopic (exact) mass is 351 g/mol. The van der Waals surface area contributed by atoms with Crippen molar-refractivity contribution >= 4 is 5.91 Å². The summed E-state index contributed by atoms with van der Waals surface area (Å²) in [4.78, 5) is 16.8. The highest BCUT2D eigenvalue weighted by atomic mass is 19.4. The molecule has 11 heteroatoms. The van der Waals surface area contributed by atoms with Crippen LogP contribution in [0.1, 0.15) is 11.7 Å². The molecule has 0 aliphatic carbocycles. The summed E-state index contributed by atoms with van der Waals surface area (Å²) < 4.78 is 49.3. The Balaban J connectivity index is 1.74. The van der Waals surface area contributed by atoms with Crippen molar-refractivity contribution in [2.24, 2.45) is 0 Å². The number of hydrogen-bond acceptors (Lipinski definition) is 7. The second kappa shape index (κ2) is 8.40. The molecule has 2 N–H and O–H groups in total. The maximum absolute atomic E-state index is 13.2. The molecule has 1 aliphatic rings. The van der Waals surface area contributed by atoms with Crippen molar-refractivity contribution in [3.63, 3.8) is 0 Å². The van der Waals surface area contributed by atoms with Gasteiger partial charge in [-0.25, -0.2) is 0 Å². The summed E-state index contributed by atoms with van der Waals surface area (Å²) in [6, 6.07) is -1.71. The molecule has 2 rings (SSSR count). The third-order valence-corrected chi connectivity index (χ3v) is 3.49. The fourth-order valence-corrected chi connectivity index (χ4v) is 2.34. The van der Waals surface area contributed by atoms with E-state index in [1.165, 1.54) is 4.90 Å². The average Bonchev–Trinajstić information content (AvgIpc) is 2.93. The zero-order chi connectivity index (χ0) is 17.6. The van der Waals surface area contributed by atoms with Crippen LogP contribution in [0.5, 0.6) is 0 Å². The quantitative estimate of drug-likeness (QED) is 0.706. The van der Waals surface area contributed by atoms with Crippen LogP contribution < -0.4 is 10.6 Å². The number of alkyl halides is 3. The third-order valence-electron chi connectivity index (χ3n) is 3.49. The minimum atomic E-state index is -4.41. The minimum absolute atomic E-state index is 0.0746. The van der Waals surface area contributed by atoms with Gasteiger partial charge >= 0.3 is 6.18 Å². The van der Waals surface area contributed by atoms with Crippen LogP contribution in [-0.4, -0.2) is 72.5 Å². The van der Waals surface area contributed by atoms with E-state index in [9.17, 15) is 18.0 Å². The summed E-state index contributed by atoms with van der Waals surface area (Å²) >= 11 is 0. The van der Waals surface area contributed by atoms with Gasteiger partial charge in [0, 0.05) is 32.7 Å². The van der Waals surface area contributed by atoms with E-state index in [-0.39, 0.29) is 32.2 Å². The first-order chi connectivity index (χ1) is 11.4. The van der Waals surface area contributed by atoms with Crippen molar-refractivity contribution in [1.82, 2.24) is 25.7 Å². The Kier molecular flexibility index (Phi) is 6.52. The van der Waals surface area contributed by atoms with Crippen LogP contribution in [0.3, 0.4) is 0 Å². The molecule has 136 valence electrons. The molecular weight excluding hydrogens is 331 g/mol. The van der Waals surface area contributed by atoms with E-state index in [2.05, 4.69) is 20.8 Å². The Bertz CT molecular complexity index is 531. The number of rotatable bonds is 7. The van der Waals surface area contributed by atoms with Crippen LogP contribution in [0, 0.1) is 6.92 Å². The van der Waals surface area contributed by atoms with Crippen LogP contribution in [0.15, 0.2) is 4.52 Å². The number of halogens is 3. The Labute approximate surface area is 136 Å². The predicted octanol–water partition coefficient (Wildman–Crippen LogP) is -0.153. The zero-order valence-electron chi connectivity index (χ0n) is 13.2. The SMILES string of the molecule is Cc1noc(COCC(=O)NCC(N2CCNCC2)C(F)(F)F)n1. The molecule has 2 heterocycles. The topological polar surface area (TPSA) is 92.5 Å². The molecule has 1 atom stereocenters. The Morgan fingerprint density at radius 3 is 2.75 bits per heavy atom. The number of aromatic nitrogens is 2. The van der Waals surface area contributed by atoms with E-state index < -0.39 is 24.7 Å². The van der Waals surface area contributed by atoms with Gasteiger partial charge in [0.25, 0.3) is 5.89 Å². The molecule has 0 spiro atoms. The summed E-state index contributed by atoms with van der Waals surface area (Å²) in [6.07, 6.45) is -4.41. The van der Waals surface area contributed by atoms with Crippen molar-refractivity contribution < 1.29 is 27.2 Å². The number of carbonyl (C=O) groups is 1. The van der Waals surface area contributed by atoms with Crippen molar-refractivity contribution in [2.45, 2.75) is 25.7 Å². The molecule has 0 aromatic carbocycles. The minimum Gasteiger partial charge on any atom is -0.362 e. The van der Waals surface area contributed by atoms with Gasteiger partial charge in [0.05, 0.1) is 0 Å². The number of ether oxygens (including phenoxy) is 1. The largest absolute Gasteiger partial charge is 0.405 e. The second-order valence-electron chi connectivity index (χ2n) is 5.38. The van der Waals surface area contributed by atoms with Gasteiger partial charge in [-0.05, 0) is 6.92 Å². The normalized spacial score (nSPS) is 17.7. The fraction of sp³-hybridized carbons (Fsp3) is 0.769. The van der Waals surface area contributed by atoms with Crippen LogP contribution in [0.4, 0.5) is 13.2 Å². The van der Waals surface area contributed by atoms with Gasteiger partial charge in [0.15, 0.2) is 5.82 Å². The van der Waals surface area contributed by atoms with E-state index in [0.717, 1.165) is 0 Å². The van der Waals surface area contributed by atoms with Crippen LogP contribution in [0.25, 0.3) is 0 Å². The molecule has 1 aromatic heterocycles. The molecule has 1 saturated heterocycles. The Morgan fingerprint density at radius 1 is 1.46 bits per heavy atom. The van der Waals surface area contributed by atoms with E-state index in [1.54, 1.807) is 6.92 Å². The molecule has 8 nitrogen and oxygen atoms in total. The van der Waals surface area contributed by atoms with Gasteiger partial charge in [0.1, 0.15) is 19.3 Å². The van der Waals surface area contributed by atoms with E-state index in [0.29, 0.717) is 18.9 Å². The van der Waals surface area contributed by atoms with Crippen molar-refractivity contribution in [3.8, 4) is 0 Å².